The molecule has 1 amide bonds. The van der Waals surface area contributed by atoms with E-state index in [0.29, 0.717) is 19.6 Å². The first kappa shape index (κ1) is 21.7. The number of fused-ring (bicyclic) bond motifs is 3. The fraction of sp³-hybridized carbons (Fsp3) is 0.308. The maximum absolute atomic E-state index is 12.3. The minimum absolute atomic E-state index is 0.0772. The summed E-state index contributed by atoms with van der Waals surface area (Å²) in [6, 6.07) is 16.7. The summed E-state index contributed by atoms with van der Waals surface area (Å²) < 4.78 is 11.0. The first-order valence-electron chi connectivity index (χ1n) is 11.3. The molecule has 5 rings (SSSR count). The number of rotatable bonds is 7. The summed E-state index contributed by atoms with van der Waals surface area (Å²) in [6.07, 6.45) is 4.37. The summed E-state index contributed by atoms with van der Waals surface area (Å²) in [7, 11) is 0. The molecule has 2 heterocycles. The summed E-state index contributed by atoms with van der Waals surface area (Å²) in [5.74, 6) is 0.0772. The zero-order valence-electron chi connectivity index (χ0n) is 18.4. The maximum Gasteiger partial charge on any atom is 0.407 e. The van der Waals surface area contributed by atoms with Crippen molar-refractivity contribution in [1.29, 1.82) is 0 Å². The number of amides is 1. The molecule has 0 saturated carbocycles. The second-order valence-electron chi connectivity index (χ2n) is 8.10. The van der Waals surface area contributed by atoms with Gasteiger partial charge in [0.2, 0.25) is 0 Å². The monoisotopic (exact) mass is 461 g/mol. The van der Waals surface area contributed by atoms with Crippen LogP contribution in [-0.2, 0) is 9.47 Å². The summed E-state index contributed by atoms with van der Waals surface area (Å²) in [5.41, 5.74) is 5.84. The molecule has 2 aliphatic rings. The van der Waals surface area contributed by atoms with E-state index in [1.807, 2.05) is 36.4 Å². The van der Waals surface area contributed by atoms with Crippen LogP contribution in [0.25, 0.3) is 17.2 Å². The number of morpholine rings is 1. The lowest BCUT2D eigenvalue weighted by atomic mass is 9.98. The molecule has 0 atom stereocenters. The number of benzene rings is 2. The normalized spacial score (nSPS) is 15.5. The van der Waals surface area contributed by atoms with Crippen LogP contribution in [0.1, 0.15) is 29.2 Å². The minimum Gasteiger partial charge on any atom is -0.449 e. The van der Waals surface area contributed by atoms with Gasteiger partial charge in [-0.15, -0.1) is 11.3 Å². The van der Waals surface area contributed by atoms with Crippen molar-refractivity contribution in [2.45, 2.75) is 12.3 Å². The number of aromatic nitrogens is 1. The van der Waals surface area contributed by atoms with Crippen LogP contribution in [0.4, 0.5) is 9.93 Å². The fourth-order valence-electron chi connectivity index (χ4n) is 4.36. The van der Waals surface area contributed by atoms with Crippen molar-refractivity contribution < 1.29 is 14.3 Å². The molecule has 2 aromatic carbocycles. The summed E-state index contributed by atoms with van der Waals surface area (Å²) in [4.78, 5) is 19.2. The van der Waals surface area contributed by atoms with E-state index in [0.717, 1.165) is 37.1 Å². The molecule has 3 aromatic rings. The van der Waals surface area contributed by atoms with Gasteiger partial charge in [-0.25, -0.2) is 9.78 Å². The van der Waals surface area contributed by atoms with E-state index in [1.54, 1.807) is 11.3 Å². The Labute approximate surface area is 197 Å². The van der Waals surface area contributed by atoms with Gasteiger partial charge in [0.05, 0.1) is 18.9 Å². The molecule has 1 aliphatic heterocycles. The number of hydrogen-bond donors (Lipinski definition) is 1. The highest BCUT2D eigenvalue weighted by atomic mass is 32.1. The number of carbonyl (C=O) groups is 1. The van der Waals surface area contributed by atoms with Gasteiger partial charge >= 0.3 is 6.09 Å². The number of ether oxygens (including phenoxy) is 2. The Hall–Kier alpha value is -3.16. The summed E-state index contributed by atoms with van der Waals surface area (Å²) >= 11 is 1.65. The van der Waals surface area contributed by atoms with Crippen molar-refractivity contribution in [3.8, 4) is 11.1 Å². The van der Waals surface area contributed by atoms with Crippen LogP contribution in [0, 0.1) is 0 Å². The Bertz CT molecular complexity index is 1090. The molecule has 7 heteroatoms. The summed E-state index contributed by atoms with van der Waals surface area (Å²) in [5, 5.41) is 5.94. The van der Waals surface area contributed by atoms with Gasteiger partial charge in [-0.05, 0) is 34.8 Å². The molecular weight excluding hydrogens is 434 g/mol. The highest BCUT2D eigenvalue weighted by molar-refractivity contribution is 7.13. The maximum atomic E-state index is 12.3. The number of thiazole rings is 1. The van der Waals surface area contributed by atoms with Gasteiger partial charge in [-0.1, -0.05) is 54.6 Å². The van der Waals surface area contributed by atoms with Crippen LogP contribution in [-0.4, -0.2) is 50.5 Å². The Morgan fingerprint density at radius 3 is 2.55 bits per heavy atom. The topological polar surface area (TPSA) is 63.7 Å². The molecule has 1 saturated heterocycles. The third-order valence-corrected chi connectivity index (χ3v) is 6.92. The minimum atomic E-state index is -0.381. The van der Waals surface area contributed by atoms with E-state index in [4.69, 9.17) is 9.47 Å². The third kappa shape index (κ3) is 4.94. The Balaban J connectivity index is 1.07. The van der Waals surface area contributed by atoms with Crippen molar-refractivity contribution in [3.05, 3.63) is 76.8 Å². The molecule has 6 nitrogen and oxygen atoms in total. The first-order valence-corrected chi connectivity index (χ1v) is 12.2. The number of nitrogens with zero attached hydrogens (tertiary/aromatic N) is 2. The van der Waals surface area contributed by atoms with E-state index in [9.17, 15) is 4.79 Å². The lowest BCUT2D eigenvalue weighted by molar-refractivity contribution is 0.122. The van der Waals surface area contributed by atoms with Crippen molar-refractivity contribution in [1.82, 2.24) is 10.3 Å². The standard InChI is InChI=1S/C26H27N3O3S/c30-26(27-12-6-5-7-19-18-33-25(28-19)29-13-15-31-16-14-29)32-17-24-22-10-3-1-8-20(22)21-9-2-4-11-23(21)24/h1-5,7-11,18,24H,6,12-17H2,(H,27,30). The van der Waals surface area contributed by atoms with Gasteiger partial charge in [0.1, 0.15) is 6.61 Å². The number of alkyl carbamates (subject to hydrolysis) is 1. The molecule has 170 valence electrons. The highest BCUT2D eigenvalue weighted by Gasteiger charge is 2.28. The lowest BCUT2D eigenvalue weighted by Gasteiger charge is -2.25. The second-order valence-corrected chi connectivity index (χ2v) is 8.93. The Morgan fingerprint density at radius 2 is 1.82 bits per heavy atom. The molecule has 1 aromatic heterocycles. The first-order chi connectivity index (χ1) is 16.3. The predicted molar refractivity (Wildman–Crippen MR) is 132 cm³/mol. The third-order valence-electron chi connectivity index (χ3n) is 6.00. The van der Waals surface area contributed by atoms with Gasteiger partial charge in [0, 0.05) is 30.9 Å². The molecule has 33 heavy (non-hydrogen) atoms. The largest absolute Gasteiger partial charge is 0.449 e. The number of hydrogen-bond acceptors (Lipinski definition) is 6. The average Bonchev–Trinajstić information content (AvgIpc) is 3.46. The highest BCUT2D eigenvalue weighted by Crippen LogP contribution is 2.44. The smallest absolute Gasteiger partial charge is 0.407 e. The number of carbonyl (C=O) groups excluding carboxylic acids is 1. The van der Waals surface area contributed by atoms with Gasteiger partial charge in [-0.2, -0.15) is 0 Å². The van der Waals surface area contributed by atoms with Crippen molar-refractivity contribution >= 4 is 28.6 Å². The predicted octanol–water partition coefficient (Wildman–Crippen LogP) is 4.92. The van der Waals surface area contributed by atoms with E-state index in [2.05, 4.69) is 44.8 Å². The van der Waals surface area contributed by atoms with Crippen molar-refractivity contribution in [3.63, 3.8) is 0 Å². The van der Waals surface area contributed by atoms with Crippen LogP contribution in [0.3, 0.4) is 0 Å². The van der Waals surface area contributed by atoms with Crippen LogP contribution in [0.5, 0.6) is 0 Å². The van der Waals surface area contributed by atoms with Gasteiger partial charge in [0.15, 0.2) is 5.13 Å². The molecule has 0 spiro atoms. The molecule has 1 aliphatic carbocycles. The van der Waals surface area contributed by atoms with Gasteiger partial charge in [-0.3, -0.25) is 0 Å². The van der Waals surface area contributed by atoms with E-state index < -0.39 is 0 Å². The zero-order chi connectivity index (χ0) is 22.5. The average molecular weight is 462 g/mol. The lowest BCUT2D eigenvalue weighted by Crippen LogP contribution is -2.36. The van der Waals surface area contributed by atoms with Crippen molar-refractivity contribution in [2.75, 3.05) is 44.4 Å². The quantitative estimate of drug-likeness (QED) is 0.506. The van der Waals surface area contributed by atoms with E-state index >= 15 is 0 Å². The van der Waals surface area contributed by atoms with Gasteiger partial charge in [0.25, 0.3) is 0 Å². The van der Waals surface area contributed by atoms with E-state index in [1.165, 1.54) is 22.3 Å². The molecular formula is C26H27N3O3S. The molecule has 0 bridgehead atoms. The number of nitrogens with one attached hydrogen (secondary N) is 1. The fourth-order valence-corrected chi connectivity index (χ4v) is 5.21. The Kier molecular flexibility index (Phi) is 6.69. The zero-order valence-corrected chi connectivity index (χ0v) is 19.2. The molecule has 0 radical (unpaired) electrons. The van der Waals surface area contributed by atoms with Crippen LogP contribution < -0.4 is 10.2 Å². The van der Waals surface area contributed by atoms with Gasteiger partial charge < -0.3 is 19.7 Å². The SMILES string of the molecule is O=C(NCCC=Cc1csc(N2CCOCC2)n1)OCC1c2ccccc2-c2ccccc21. The summed E-state index contributed by atoms with van der Waals surface area (Å²) in [6.45, 7) is 4.15. The number of anilines is 1. The molecule has 0 unspecified atom stereocenters. The van der Waals surface area contributed by atoms with Crippen LogP contribution in [0.2, 0.25) is 0 Å². The van der Waals surface area contributed by atoms with E-state index in [-0.39, 0.29) is 12.0 Å². The van der Waals surface area contributed by atoms with Crippen LogP contribution >= 0.6 is 11.3 Å². The van der Waals surface area contributed by atoms with Crippen molar-refractivity contribution in [2.24, 2.45) is 0 Å². The molecule has 1 N–H and O–H groups in total. The Morgan fingerprint density at radius 1 is 1.12 bits per heavy atom. The van der Waals surface area contributed by atoms with Crippen LogP contribution in [0.15, 0.2) is 60.0 Å². The second kappa shape index (κ2) is 10.2. The molecule has 1 fully saturated rings.